The van der Waals surface area contributed by atoms with E-state index in [1.807, 2.05) is 0 Å². The van der Waals surface area contributed by atoms with Crippen LogP contribution in [-0.4, -0.2) is 17.6 Å². The minimum absolute atomic E-state index is 0.276. The van der Waals surface area contributed by atoms with Crippen LogP contribution < -0.4 is 5.73 Å². The summed E-state index contributed by atoms with van der Waals surface area (Å²) in [7, 11) is 0. The Bertz CT molecular complexity index is 629. The fourth-order valence-corrected chi connectivity index (χ4v) is 1.83. The second-order valence-electron chi connectivity index (χ2n) is 4.20. The van der Waals surface area contributed by atoms with Gasteiger partial charge in [-0.25, -0.2) is 9.18 Å². The van der Waals surface area contributed by atoms with Crippen LogP contribution in [0.3, 0.4) is 0 Å². The third-order valence-electron chi connectivity index (χ3n) is 2.83. The van der Waals surface area contributed by atoms with Gasteiger partial charge in [-0.05, 0) is 24.6 Å². The van der Waals surface area contributed by atoms with Crippen LogP contribution in [0.2, 0.25) is 0 Å². The van der Waals surface area contributed by atoms with Gasteiger partial charge < -0.3 is 10.5 Å². The van der Waals surface area contributed by atoms with E-state index in [4.69, 9.17) is 10.5 Å². The van der Waals surface area contributed by atoms with E-state index in [0.29, 0.717) is 22.3 Å². The zero-order chi connectivity index (χ0) is 14.5. The molecule has 0 atom stereocenters. The van der Waals surface area contributed by atoms with Crippen molar-refractivity contribution in [1.29, 1.82) is 0 Å². The molecule has 0 aliphatic heterocycles. The van der Waals surface area contributed by atoms with Crippen LogP contribution in [0, 0.1) is 5.82 Å². The van der Waals surface area contributed by atoms with Crippen molar-refractivity contribution in [2.45, 2.75) is 13.5 Å². The van der Waals surface area contributed by atoms with Crippen molar-refractivity contribution < 1.29 is 13.9 Å². The Labute approximate surface area is 116 Å². The van der Waals surface area contributed by atoms with Crippen molar-refractivity contribution in [2.75, 3.05) is 6.61 Å². The van der Waals surface area contributed by atoms with Crippen molar-refractivity contribution in [3.8, 4) is 11.1 Å². The highest BCUT2D eigenvalue weighted by Crippen LogP contribution is 2.24. The van der Waals surface area contributed by atoms with Crippen LogP contribution in [0.5, 0.6) is 0 Å². The van der Waals surface area contributed by atoms with E-state index in [-0.39, 0.29) is 13.2 Å². The number of carbonyl (C=O) groups excluding carboxylic acids is 1. The Hall–Kier alpha value is -2.27. The quantitative estimate of drug-likeness (QED) is 0.870. The SMILES string of the molecule is CCOC(=O)c1cncc(-c2ccc(CN)cc2F)c1. The summed E-state index contributed by atoms with van der Waals surface area (Å²) < 4.78 is 18.9. The Kier molecular flexibility index (Phi) is 4.42. The lowest BCUT2D eigenvalue weighted by molar-refractivity contribution is 0.0526. The first-order chi connectivity index (χ1) is 9.65. The zero-order valence-corrected chi connectivity index (χ0v) is 11.1. The molecule has 1 aromatic heterocycles. The third kappa shape index (κ3) is 3.00. The summed E-state index contributed by atoms with van der Waals surface area (Å²) in [6.45, 7) is 2.28. The number of benzene rings is 1. The molecular weight excluding hydrogens is 259 g/mol. The monoisotopic (exact) mass is 274 g/mol. The number of hydrogen-bond donors (Lipinski definition) is 1. The summed E-state index contributed by atoms with van der Waals surface area (Å²) in [5.41, 5.74) is 7.37. The normalized spacial score (nSPS) is 10.3. The van der Waals surface area contributed by atoms with Crippen molar-refractivity contribution in [1.82, 2.24) is 4.98 Å². The van der Waals surface area contributed by atoms with Gasteiger partial charge in [-0.3, -0.25) is 4.98 Å². The maximum atomic E-state index is 14.0. The molecule has 2 N–H and O–H groups in total. The Morgan fingerprint density at radius 2 is 2.15 bits per heavy atom. The topological polar surface area (TPSA) is 65.2 Å². The van der Waals surface area contributed by atoms with Gasteiger partial charge in [0.05, 0.1) is 12.2 Å². The van der Waals surface area contributed by atoms with Gasteiger partial charge in [0.2, 0.25) is 0 Å². The number of hydrogen-bond acceptors (Lipinski definition) is 4. The van der Waals surface area contributed by atoms with E-state index in [1.165, 1.54) is 18.5 Å². The highest BCUT2D eigenvalue weighted by molar-refractivity contribution is 5.90. The first-order valence-corrected chi connectivity index (χ1v) is 6.26. The molecular formula is C15H15FN2O2. The van der Waals surface area contributed by atoms with Gasteiger partial charge in [0.15, 0.2) is 0 Å². The van der Waals surface area contributed by atoms with E-state index in [2.05, 4.69) is 4.98 Å². The van der Waals surface area contributed by atoms with Gasteiger partial charge in [-0.15, -0.1) is 0 Å². The van der Waals surface area contributed by atoms with E-state index in [1.54, 1.807) is 25.1 Å². The van der Waals surface area contributed by atoms with E-state index < -0.39 is 11.8 Å². The maximum absolute atomic E-state index is 14.0. The van der Waals surface area contributed by atoms with Crippen molar-refractivity contribution in [3.63, 3.8) is 0 Å². The molecule has 2 aromatic rings. The number of aromatic nitrogens is 1. The summed E-state index contributed by atoms with van der Waals surface area (Å²) in [4.78, 5) is 15.6. The Balaban J connectivity index is 2.38. The third-order valence-corrected chi connectivity index (χ3v) is 2.83. The highest BCUT2D eigenvalue weighted by atomic mass is 19.1. The molecule has 0 unspecified atom stereocenters. The van der Waals surface area contributed by atoms with Crippen LogP contribution in [0.25, 0.3) is 11.1 Å². The van der Waals surface area contributed by atoms with Gasteiger partial charge in [-0.1, -0.05) is 12.1 Å². The predicted octanol–water partition coefficient (Wildman–Crippen LogP) is 2.52. The lowest BCUT2D eigenvalue weighted by Gasteiger charge is -2.07. The number of ether oxygens (including phenoxy) is 1. The number of rotatable bonds is 4. The Morgan fingerprint density at radius 3 is 2.80 bits per heavy atom. The van der Waals surface area contributed by atoms with Gasteiger partial charge in [0.25, 0.3) is 0 Å². The zero-order valence-electron chi connectivity index (χ0n) is 11.1. The molecule has 0 aliphatic rings. The van der Waals surface area contributed by atoms with Gasteiger partial charge in [0.1, 0.15) is 5.82 Å². The number of esters is 1. The molecule has 0 amide bonds. The van der Waals surface area contributed by atoms with Crippen LogP contribution in [0.1, 0.15) is 22.8 Å². The largest absolute Gasteiger partial charge is 0.462 e. The predicted molar refractivity (Wildman–Crippen MR) is 73.5 cm³/mol. The second-order valence-corrected chi connectivity index (χ2v) is 4.20. The minimum atomic E-state index is -0.471. The molecule has 0 radical (unpaired) electrons. The van der Waals surface area contributed by atoms with E-state index in [9.17, 15) is 9.18 Å². The standard InChI is InChI=1S/C15H15FN2O2/c1-2-20-15(19)12-6-11(8-18-9-12)13-4-3-10(7-17)5-14(13)16/h3-6,8-9H,2,7,17H2,1H3. The molecule has 0 saturated carbocycles. The molecule has 4 nitrogen and oxygen atoms in total. The molecule has 0 bridgehead atoms. The minimum Gasteiger partial charge on any atom is -0.462 e. The van der Waals surface area contributed by atoms with E-state index in [0.717, 1.165) is 0 Å². The summed E-state index contributed by atoms with van der Waals surface area (Å²) >= 11 is 0. The number of carbonyl (C=O) groups is 1. The summed E-state index contributed by atoms with van der Waals surface area (Å²) in [5.74, 6) is -0.864. The molecule has 0 aliphatic carbocycles. The van der Waals surface area contributed by atoms with Gasteiger partial charge >= 0.3 is 5.97 Å². The molecule has 2 rings (SSSR count). The molecule has 104 valence electrons. The summed E-state index contributed by atoms with van der Waals surface area (Å²) in [6, 6.07) is 6.32. The highest BCUT2D eigenvalue weighted by Gasteiger charge is 2.11. The van der Waals surface area contributed by atoms with Crippen LogP contribution in [-0.2, 0) is 11.3 Å². The fourth-order valence-electron chi connectivity index (χ4n) is 1.83. The van der Waals surface area contributed by atoms with Crippen LogP contribution in [0.4, 0.5) is 4.39 Å². The average Bonchev–Trinajstić information content (AvgIpc) is 2.47. The summed E-state index contributed by atoms with van der Waals surface area (Å²) in [6.07, 6.45) is 2.90. The first kappa shape index (κ1) is 14.1. The van der Waals surface area contributed by atoms with Crippen molar-refractivity contribution in [3.05, 3.63) is 53.6 Å². The van der Waals surface area contributed by atoms with E-state index >= 15 is 0 Å². The average molecular weight is 274 g/mol. The molecule has 0 spiro atoms. The number of halogens is 1. The molecule has 0 fully saturated rings. The molecule has 0 saturated heterocycles. The lowest BCUT2D eigenvalue weighted by atomic mass is 10.0. The number of nitrogens with zero attached hydrogens (tertiary/aromatic N) is 1. The van der Waals surface area contributed by atoms with Crippen LogP contribution in [0.15, 0.2) is 36.7 Å². The maximum Gasteiger partial charge on any atom is 0.339 e. The molecule has 1 aromatic carbocycles. The second kappa shape index (κ2) is 6.25. The van der Waals surface area contributed by atoms with Crippen molar-refractivity contribution >= 4 is 5.97 Å². The number of pyridine rings is 1. The van der Waals surface area contributed by atoms with Gasteiger partial charge in [0, 0.05) is 30.1 Å². The smallest absolute Gasteiger partial charge is 0.339 e. The summed E-state index contributed by atoms with van der Waals surface area (Å²) in [5, 5.41) is 0. The number of nitrogens with two attached hydrogens (primary N) is 1. The molecule has 1 heterocycles. The molecule has 5 heteroatoms. The Morgan fingerprint density at radius 1 is 1.35 bits per heavy atom. The fraction of sp³-hybridized carbons (Fsp3) is 0.200. The lowest BCUT2D eigenvalue weighted by Crippen LogP contribution is -2.05. The van der Waals surface area contributed by atoms with Crippen LogP contribution >= 0.6 is 0 Å². The molecule has 20 heavy (non-hydrogen) atoms. The first-order valence-electron chi connectivity index (χ1n) is 6.26. The van der Waals surface area contributed by atoms with Crippen molar-refractivity contribution in [2.24, 2.45) is 5.73 Å². The van der Waals surface area contributed by atoms with Gasteiger partial charge in [-0.2, -0.15) is 0 Å².